The lowest BCUT2D eigenvalue weighted by Crippen LogP contribution is -2.52. The molecule has 1 aliphatic rings. The topological polar surface area (TPSA) is 96.0 Å². The van der Waals surface area contributed by atoms with Crippen LogP contribution in [0.2, 0.25) is 5.02 Å². The number of amides is 2. The van der Waals surface area contributed by atoms with E-state index in [0.717, 1.165) is 9.37 Å². The molecule has 0 radical (unpaired) electrons. The molecule has 160 valence electrons. The highest BCUT2D eigenvalue weighted by Crippen LogP contribution is 2.38. The Labute approximate surface area is 180 Å². The van der Waals surface area contributed by atoms with Crippen LogP contribution in [0.15, 0.2) is 41.3 Å². The Morgan fingerprint density at radius 3 is 2.57 bits per heavy atom. The molecule has 1 aliphatic heterocycles. The van der Waals surface area contributed by atoms with Crippen LogP contribution in [0.3, 0.4) is 0 Å². The van der Waals surface area contributed by atoms with E-state index in [9.17, 15) is 18.0 Å². The lowest BCUT2D eigenvalue weighted by atomic mass is 10.1. The molecule has 0 saturated carbocycles. The molecule has 1 unspecified atom stereocenters. The first kappa shape index (κ1) is 22.1. The van der Waals surface area contributed by atoms with Gasteiger partial charge in [0.25, 0.3) is 10.0 Å². The predicted octanol–water partition coefficient (Wildman–Crippen LogP) is 2.88. The summed E-state index contributed by atoms with van der Waals surface area (Å²) in [4.78, 5) is 30.2. The number of hydroxylamine groups is 2. The molecular weight excluding hydrogens is 430 g/mol. The van der Waals surface area contributed by atoms with Crippen molar-refractivity contribution in [2.75, 3.05) is 23.8 Å². The molecule has 3 rings (SSSR count). The van der Waals surface area contributed by atoms with Crippen molar-refractivity contribution < 1.29 is 22.8 Å². The Kier molecular flexibility index (Phi) is 6.07. The third-order valence-corrected chi connectivity index (χ3v) is 7.34. The van der Waals surface area contributed by atoms with E-state index < -0.39 is 34.3 Å². The highest BCUT2D eigenvalue weighted by molar-refractivity contribution is 7.93. The molecular formula is C20H22ClN3O5S. The van der Waals surface area contributed by atoms with Crippen molar-refractivity contribution in [2.24, 2.45) is 0 Å². The van der Waals surface area contributed by atoms with Crippen LogP contribution >= 0.6 is 11.6 Å². The monoisotopic (exact) mass is 451 g/mol. The fraction of sp³-hybridized carbons (Fsp3) is 0.300. The Hall–Kier alpha value is -2.62. The molecule has 1 heterocycles. The summed E-state index contributed by atoms with van der Waals surface area (Å²) in [5.41, 5.74) is 1.65. The van der Waals surface area contributed by atoms with Crippen LogP contribution in [-0.2, 0) is 24.4 Å². The summed E-state index contributed by atoms with van der Waals surface area (Å²) in [5.74, 6) is -1.14. The van der Waals surface area contributed by atoms with Crippen LogP contribution in [0.4, 0.5) is 11.4 Å². The van der Waals surface area contributed by atoms with Crippen molar-refractivity contribution in [2.45, 2.75) is 31.2 Å². The second-order valence-corrected chi connectivity index (χ2v) is 9.16. The highest BCUT2D eigenvalue weighted by Gasteiger charge is 2.43. The van der Waals surface area contributed by atoms with E-state index in [4.69, 9.17) is 16.4 Å². The van der Waals surface area contributed by atoms with E-state index in [2.05, 4.69) is 5.32 Å². The molecule has 2 amide bonds. The standard InChI is InChI=1S/C20H22ClN3O5S/c1-12-10-18(13(2)9-14(12)21)30(27,28)24-16-8-6-5-7-15(16)22-20(26)17(24)11-19(25)23(3)29-4/h5-10,17H,11H2,1-4H3,(H,22,26). The van der Waals surface area contributed by atoms with Gasteiger partial charge in [-0.3, -0.25) is 18.7 Å². The number of hydrogen-bond acceptors (Lipinski definition) is 5. The van der Waals surface area contributed by atoms with Crippen LogP contribution in [0.25, 0.3) is 0 Å². The number of para-hydroxylation sites is 2. The molecule has 8 nitrogen and oxygen atoms in total. The smallest absolute Gasteiger partial charge is 0.265 e. The fourth-order valence-corrected chi connectivity index (χ4v) is 5.41. The summed E-state index contributed by atoms with van der Waals surface area (Å²) in [6.07, 6.45) is -0.393. The number of nitrogens with zero attached hydrogens (tertiary/aromatic N) is 2. The molecule has 0 saturated heterocycles. The molecule has 1 atom stereocenters. The predicted molar refractivity (Wildman–Crippen MR) is 114 cm³/mol. The van der Waals surface area contributed by atoms with Crippen molar-refractivity contribution >= 4 is 44.8 Å². The molecule has 0 fully saturated rings. The lowest BCUT2D eigenvalue weighted by molar-refractivity contribution is -0.169. The van der Waals surface area contributed by atoms with Gasteiger partial charge < -0.3 is 5.32 Å². The maximum Gasteiger partial charge on any atom is 0.265 e. The first-order valence-electron chi connectivity index (χ1n) is 9.09. The Morgan fingerprint density at radius 1 is 1.23 bits per heavy atom. The Balaban J connectivity index is 2.19. The zero-order valence-corrected chi connectivity index (χ0v) is 18.5. The van der Waals surface area contributed by atoms with Crippen molar-refractivity contribution in [3.05, 3.63) is 52.5 Å². The number of anilines is 2. The van der Waals surface area contributed by atoms with Gasteiger partial charge in [-0.1, -0.05) is 23.7 Å². The van der Waals surface area contributed by atoms with Gasteiger partial charge in [-0.05, 0) is 49.2 Å². The zero-order valence-electron chi connectivity index (χ0n) is 17.0. The highest BCUT2D eigenvalue weighted by atomic mass is 35.5. The fourth-order valence-electron chi connectivity index (χ4n) is 3.27. The number of benzene rings is 2. The molecule has 0 bridgehead atoms. The van der Waals surface area contributed by atoms with Crippen molar-refractivity contribution in [3.8, 4) is 0 Å². The van der Waals surface area contributed by atoms with E-state index in [1.54, 1.807) is 44.2 Å². The number of halogens is 1. The van der Waals surface area contributed by atoms with Crippen LogP contribution in [0.5, 0.6) is 0 Å². The first-order valence-corrected chi connectivity index (χ1v) is 10.9. The number of carbonyl (C=O) groups is 2. The van der Waals surface area contributed by atoms with E-state index >= 15 is 0 Å². The van der Waals surface area contributed by atoms with Gasteiger partial charge in [0.2, 0.25) is 11.8 Å². The summed E-state index contributed by atoms with van der Waals surface area (Å²) in [6, 6.07) is 8.30. The van der Waals surface area contributed by atoms with Crippen molar-refractivity contribution in [3.63, 3.8) is 0 Å². The molecule has 2 aromatic carbocycles. The summed E-state index contributed by atoms with van der Waals surface area (Å²) in [6.45, 7) is 3.33. The van der Waals surface area contributed by atoms with Crippen molar-refractivity contribution in [1.29, 1.82) is 0 Å². The van der Waals surface area contributed by atoms with Gasteiger partial charge >= 0.3 is 0 Å². The van der Waals surface area contributed by atoms with Crippen LogP contribution in [0, 0.1) is 13.8 Å². The normalized spacial score (nSPS) is 16.1. The molecule has 2 aromatic rings. The summed E-state index contributed by atoms with van der Waals surface area (Å²) >= 11 is 6.14. The minimum Gasteiger partial charge on any atom is -0.322 e. The van der Waals surface area contributed by atoms with E-state index in [1.165, 1.54) is 20.2 Å². The van der Waals surface area contributed by atoms with Gasteiger partial charge in [-0.15, -0.1) is 0 Å². The van der Waals surface area contributed by atoms with Crippen LogP contribution in [-0.4, -0.2) is 45.5 Å². The molecule has 10 heteroatoms. The molecule has 0 aliphatic carbocycles. The average molecular weight is 452 g/mol. The Bertz CT molecular complexity index is 1120. The maximum atomic E-state index is 13.8. The zero-order chi connectivity index (χ0) is 22.2. The van der Waals surface area contributed by atoms with Crippen LogP contribution < -0.4 is 9.62 Å². The third-order valence-electron chi connectivity index (χ3n) is 4.97. The number of fused-ring (bicyclic) bond motifs is 1. The van der Waals surface area contributed by atoms with Gasteiger partial charge in [-0.25, -0.2) is 13.5 Å². The third kappa shape index (κ3) is 3.88. The quantitative estimate of drug-likeness (QED) is 0.705. The van der Waals surface area contributed by atoms with E-state index in [1.807, 2.05) is 0 Å². The average Bonchev–Trinajstić information content (AvgIpc) is 2.70. The number of carbonyl (C=O) groups excluding carboxylic acids is 2. The number of hydrogen-bond donors (Lipinski definition) is 1. The largest absolute Gasteiger partial charge is 0.322 e. The van der Waals surface area contributed by atoms with Gasteiger partial charge in [0.05, 0.1) is 29.8 Å². The maximum absolute atomic E-state index is 13.8. The number of aryl methyl sites for hydroxylation is 2. The summed E-state index contributed by atoms with van der Waals surface area (Å²) in [5, 5.41) is 4.08. The van der Waals surface area contributed by atoms with Gasteiger partial charge in [0.15, 0.2) is 0 Å². The van der Waals surface area contributed by atoms with E-state index in [-0.39, 0.29) is 10.6 Å². The van der Waals surface area contributed by atoms with Gasteiger partial charge in [0.1, 0.15) is 6.04 Å². The number of nitrogens with one attached hydrogen (secondary N) is 1. The molecule has 1 N–H and O–H groups in total. The lowest BCUT2D eigenvalue weighted by Gasteiger charge is -2.37. The summed E-state index contributed by atoms with van der Waals surface area (Å²) in [7, 11) is -1.50. The van der Waals surface area contributed by atoms with Gasteiger partial charge in [0, 0.05) is 12.1 Å². The number of sulfonamides is 1. The second-order valence-electron chi connectivity index (χ2n) is 6.97. The number of rotatable bonds is 5. The molecule has 0 spiro atoms. The minimum absolute atomic E-state index is 0.0199. The van der Waals surface area contributed by atoms with Gasteiger partial charge in [-0.2, -0.15) is 0 Å². The SMILES string of the molecule is CON(C)C(=O)CC1C(=O)Nc2ccccc2N1S(=O)(=O)c1cc(C)c(Cl)cc1C. The van der Waals surface area contributed by atoms with Crippen molar-refractivity contribution in [1.82, 2.24) is 5.06 Å². The molecule has 0 aromatic heterocycles. The summed E-state index contributed by atoms with van der Waals surface area (Å²) < 4.78 is 28.5. The first-order chi connectivity index (χ1) is 14.1. The van der Waals surface area contributed by atoms with Crippen LogP contribution in [0.1, 0.15) is 17.5 Å². The molecule has 30 heavy (non-hydrogen) atoms. The second kappa shape index (κ2) is 8.25. The van der Waals surface area contributed by atoms with E-state index in [0.29, 0.717) is 21.8 Å². The Morgan fingerprint density at radius 2 is 1.90 bits per heavy atom. The minimum atomic E-state index is -4.20.